The zero-order valence-corrected chi connectivity index (χ0v) is 19.5. The Morgan fingerprint density at radius 2 is 1.48 bits per heavy atom. The van der Waals surface area contributed by atoms with Crippen molar-refractivity contribution in [2.45, 2.75) is 93.9 Å². The van der Waals surface area contributed by atoms with Gasteiger partial charge in [-0.25, -0.2) is 4.79 Å². The van der Waals surface area contributed by atoms with Crippen LogP contribution in [0.1, 0.15) is 84.0 Å². The van der Waals surface area contributed by atoms with Crippen LogP contribution in [0.2, 0.25) is 0 Å². The Morgan fingerprint density at radius 3 is 2.00 bits per heavy atom. The minimum absolute atomic E-state index is 0.0360. The number of hydrogen-bond acceptors (Lipinski definition) is 5. The predicted molar refractivity (Wildman–Crippen MR) is 116 cm³/mol. The van der Waals surface area contributed by atoms with Crippen LogP contribution in [0.25, 0.3) is 0 Å². The van der Waals surface area contributed by atoms with E-state index in [1.807, 2.05) is 0 Å². The zero-order chi connectivity index (χ0) is 21.5. The number of carbonyl (C=O) groups is 2. The van der Waals surface area contributed by atoms with Crippen molar-refractivity contribution in [1.82, 2.24) is 0 Å². The van der Waals surface area contributed by atoms with Gasteiger partial charge in [0.2, 0.25) is 9.58 Å². The second-order valence-electron chi connectivity index (χ2n) is 7.32. The fourth-order valence-corrected chi connectivity index (χ4v) is 3.15. The van der Waals surface area contributed by atoms with Gasteiger partial charge in [0, 0.05) is 0 Å². The van der Waals surface area contributed by atoms with Gasteiger partial charge in [-0.3, -0.25) is 4.79 Å². The molecule has 1 atom stereocenters. The number of ether oxygens (including phenoxy) is 3. The number of halogens is 3. The molecule has 0 bridgehead atoms. The fraction of sp³-hybridized carbons (Fsp3) is 0.810. The van der Waals surface area contributed by atoms with Crippen molar-refractivity contribution in [3.8, 4) is 0 Å². The molecule has 0 radical (unpaired) electrons. The minimum atomic E-state index is -1.74. The van der Waals surface area contributed by atoms with E-state index in [2.05, 4.69) is 6.92 Å². The summed E-state index contributed by atoms with van der Waals surface area (Å²) in [5, 5.41) is 0. The highest BCUT2D eigenvalue weighted by Gasteiger charge is 2.37. The Kier molecular flexibility index (Phi) is 13.8. The van der Waals surface area contributed by atoms with Crippen LogP contribution in [0, 0.1) is 0 Å². The summed E-state index contributed by atoms with van der Waals surface area (Å²) in [4.78, 5) is 23.6. The maximum Gasteiger partial charge on any atom is 0.355 e. The molecule has 8 heteroatoms. The number of ketones is 1. The molecule has 1 aliphatic rings. The van der Waals surface area contributed by atoms with Gasteiger partial charge in [0.1, 0.15) is 6.61 Å². The second-order valence-corrected chi connectivity index (χ2v) is 9.84. The van der Waals surface area contributed by atoms with Gasteiger partial charge in [0.15, 0.2) is 0 Å². The lowest BCUT2D eigenvalue weighted by molar-refractivity contribution is -0.158. The standard InChI is InChI=1S/C21H33Cl3O5/c1-2-3-4-5-6-7-8-9-10-11-12-13-14-27-18-15-17(25)19(29-18)20(26)28-16-21(22,23)24/h15,19H,2-14,16H2,1H3. The van der Waals surface area contributed by atoms with Crippen LogP contribution in [0.3, 0.4) is 0 Å². The van der Waals surface area contributed by atoms with Crippen LogP contribution in [-0.4, -0.2) is 34.9 Å². The van der Waals surface area contributed by atoms with Crippen molar-refractivity contribution >= 4 is 46.6 Å². The quantitative estimate of drug-likeness (QED) is 0.112. The Balaban J connectivity index is 1.99. The molecule has 1 heterocycles. The molecule has 0 aliphatic carbocycles. The van der Waals surface area contributed by atoms with E-state index in [0.717, 1.165) is 18.9 Å². The smallest absolute Gasteiger partial charge is 0.355 e. The Labute approximate surface area is 189 Å². The molecule has 29 heavy (non-hydrogen) atoms. The van der Waals surface area contributed by atoms with E-state index in [9.17, 15) is 9.59 Å². The summed E-state index contributed by atoms with van der Waals surface area (Å²) in [5.74, 6) is -1.40. The van der Waals surface area contributed by atoms with Crippen LogP contribution < -0.4 is 0 Å². The second kappa shape index (κ2) is 15.2. The molecule has 0 spiro atoms. The highest BCUT2D eigenvalue weighted by atomic mass is 35.6. The third kappa shape index (κ3) is 13.3. The highest BCUT2D eigenvalue weighted by molar-refractivity contribution is 6.67. The maximum atomic E-state index is 11.8. The molecule has 0 fully saturated rings. The van der Waals surface area contributed by atoms with E-state index in [1.165, 1.54) is 64.2 Å². The van der Waals surface area contributed by atoms with E-state index in [1.54, 1.807) is 0 Å². The van der Waals surface area contributed by atoms with Gasteiger partial charge >= 0.3 is 5.97 Å². The number of carbonyl (C=O) groups excluding carboxylic acids is 2. The summed E-state index contributed by atoms with van der Waals surface area (Å²) in [6.45, 7) is 2.22. The number of hydrogen-bond donors (Lipinski definition) is 0. The van der Waals surface area contributed by atoms with Crippen LogP contribution in [0.4, 0.5) is 0 Å². The molecule has 0 amide bonds. The van der Waals surface area contributed by atoms with Crippen molar-refractivity contribution < 1.29 is 23.8 Å². The predicted octanol–water partition coefficient (Wildman–Crippen LogP) is 6.43. The van der Waals surface area contributed by atoms with Gasteiger partial charge in [-0.1, -0.05) is 112 Å². The van der Waals surface area contributed by atoms with Gasteiger partial charge in [0.25, 0.3) is 12.0 Å². The lowest BCUT2D eigenvalue weighted by Gasteiger charge is -2.14. The number of rotatable bonds is 16. The molecule has 0 saturated heterocycles. The molecular weight excluding hydrogens is 439 g/mol. The lowest BCUT2D eigenvalue weighted by atomic mass is 10.1. The lowest BCUT2D eigenvalue weighted by Crippen LogP contribution is -2.32. The molecule has 5 nitrogen and oxygen atoms in total. The SMILES string of the molecule is CCCCCCCCCCCCCCOC1=CC(=O)C(C(=O)OCC(Cl)(Cl)Cl)O1. The van der Waals surface area contributed by atoms with Crippen molar-refractivity contribution in [2.75, 3.05) is 13.2 Å². The first-order chi connectivity index (χ1) is 13.8. The van der Waals surface area contributed by atoms with Gasteiger partial charge in [-0.05, 0) is 6.42 Å². The van der Waals surface area contributed by atoms with E-state index in [4.69, 9.17) is 49.0 Å². The monoisotopic (exact) mass is 470 g/mol. The van der Waals surface area contributed by atoms with Crippen molar-refractivity contribution in [3.63, 3.8) is 0 Å². The first kappa shape index (κ1) is 26.4. The Hall–Kier alpha value is -0.650. The van der Waals surface area contributed by atoms with E-state index in [-0.39, 0.29) is 5.95 Å². The summed E-state index contributed by atoms with van der Waals surface area (Å²) in [6, 6.07) is 0. The largest absolute Gasteiger partial charge is 0.465 e. The van der Waals surface area contributed by atoms with Gasteiger partial charge in [-0.2, -0.15) is 0 Å². The van der Waals surface area contributed by atoms with Gasteiger partial charge in [-0.15, -0.1) is 0 Å². The summed E-state index contributed by atoms with van der Waals surface area (Å²) in [6.07, 6.45) is 14.8. The molecule has 0 N–H and O–H groups in total. The Bertz CT molecular complexity index is 517. The highest BCUT2D eigenvalue weighted by Crippen LogP contribution is 2.26. The van der Waals surface area contributed by atoms with Crippen molar-refractivity contribution in [2.24, 2.45) is 0 Å². The number of alkyl halides is 3. The maximum absolute atomic E-state index is 11.8. The summed E-state index contributed by atoms with van der Waals surface area (Å²) in [5.41, 5.74) is 0. The summed E-state index contributed by atoms with van der Waals surface area (Å²) >= 11 is 16.5. The van der Waals surface area contributed by atoms with Crippen LogP contribution in [0.15, 0.2) is 12.0 Å². The summed E-state index contributed by atoms with van der Waals surface area (Å²) in [7, 11) is 0. The third-order valence-corrected chi connectivity index (χ3v) is 4.91. The molecule has 0 saturated carbocycles. The van der Waals surface area contributed by atoms with Crippen LogP contribution >= 0.6 is 34.8 Å². The minimum Gasteiger partial charge on any atom is -0.465 e. The average Bonchev–Trinajstić information content (AvgIpc) is 3.03. The topological polar surface area (TPSA) is 61.8 Å². The van der Waals surface area contributed by atoms with E-state index < -0.39 is 28.3 Å². The first-order valence-electron chi connectivity index (χ1n) is 10.6. The van der Waals surface area contributed by atoms with Crippen LogP contribution in [0.5, 0.6) is 0 Å². The van der Waals surface area contributed by atoms with E-state index in [0.29, 0.717) is 6.61 Å². The molecule has 1 unspecified atom stereocenters. The molecule has 1 aliphatic heterocycles. The van der Waals surface area contributed by atoms with Crippen molar-refractivity contribution in [3.05, 3.63) is 12.0 Å². The molecule has 1 rings (SSSR count). The first-order valence-corrected chi connectivity index (χ1v) is 11.7. The Morgan fingerprint density at radius 1 is 0.966 bits per heavy atom. The van der Waals surface area contributed by atoms with Crippen LogP contribution in [-0.2, 0) is 23.8 Å². The molecule has 0 aromatic carbocycles. The molecule has 0 aromatic heterocycles. The third-order valence-electron chi connectivity index (χ3n) is 4.59. The average molecular weight is 472 g/mol. The normalized spacial score (nSPS) is 16.5. The number of esters is 1. The van der Waals surface area contributed by atoms with Crippen molar-refractivity contribution in [1.29, 1.82) is 0 Å². The summed E-state index contributed by atoms with van der Waals surface area (Å²) < 4.78 is 13.6. The zero-order valence-electron chi connectivity index (χ0n) is 17.2. The molecular formula is C21H33Cl3O5. The molecule has 168 valence electrons. The van der Waals surface area contributed by atoms with E-state index >= 15 is 0 Å². The molecule has 0 aromatic rings. The van der Waals surface area contributed by atoms with Gasteiger partial charge in [0.05, 0.1) is 12.7 Å². The fourth-order valence-electron chi connectivity index (χ4n) is 2.98. The van der Waals surface area contributed by atoms with Gasteiger partial charge < -0.3 is 14.2 Å². The number of unbranched alkanes of at least 4 members (excludes halogenated alkanes) is 11.